The molecule has 8 heteroatoms. The van der Waals surface area contributed by atoms with Gasteiger partial charge in [-0.1, -0.05) is 18.2 Å². The first kappa shape index (κ1) is 21.0. The summed E-state index contributed by atoms with van der Waals surface area (Å²) in [6.45, 7) is 3.46. The molecule has 0 aliphatic rings. The van der Waals surface area contributed by atoms with Crippen LogP contribution in [0.25, 0.3) is 22.2 Å². The molecule has 0 saturated carbocycles. The van der Waals surface area contributed by atoms with Crippen molar-refractivity contribution < 1.29 is 18.5 Å². The Labute approximate surface area is 168 Å². The van der Waals surface area contributed by atoms with Gasteiger partial charge in [0, 0.05) is 17.4 Å². The lowest BCUT2D eigenvalue weighted by molar-refractivity contribution is 0.0601. The summed E-state index contributed by atoms with van der Waals surface area (Å²) in [7, 11) is -1.17. The Morgan fingerprint density at radius 3 is 2.72 bits per heavy atom. The maximum absolute atomic E-state index is 14.0. The van der Waals surface area contributed by atoms with E-state index in [1.165, 1.54) is 19.5 Å². The minimum absolute atomic E-state index is 0.0447. The van der Waals surface area contributed by atoms with Gasteiger partial charge < -0.3 is 19.6 Å². The van der Waals surface area contributed by atoms with Gasteiger partial charge in [0.05, 0.1) is 36.6 Å². The van der Waals surface area contributed by atoms with Crippen LogP contribution in [-0.2, 0) is 15.8 Å². The second kappa shape index (κ2) is 8.31. The maximum Gasteiger partial charge on any atom is 0.337 e. The molecule has 2 aromatic carbocycles. The maximum atomic E-state index is 14.0. The zero-order chi connectivity index (χ0) is 21.2. The summed E-state index contributed by atoms with van der Waals surface area (Å²) in [5.74, 6) is -0.900. The number of imidazole rings is 1. The van der Waals surface area contributed by atoms with Crippen molar-refractivity contribution in [2.45, 2.75) is 6.54 Å². The number of allylic oxidation sites excluding steroid dienone is 1. The molecule has 1 heterocycles. The van der Waals surface area contributed by atoms with Crippen LogP contribution in [-0.4, -0.2) is 42.5 Å². The van der Waals surface area contributed by atoms with Gasteiger partial charge >= 0.3 is 5.97 Å². The van der Waals surface area contributed by atoms with Crippen molar-refractivity contribution in [3.05, 3.63) is 60.2 Å². The minimum Gasteiger partial charge on any atom is -0.465 e. The molecule has 0 bridgehead atoms. The molecule has 6 nitrogen and oxygen atoms in total. The van der Waals surface area contributed by atoms with E-state index < -0.39 is 18.9 Å². The monoisotopic (exact) mass is 415 g/mol. The van der Waals surface area contributed by atoms with Crippen LogP contribution >= 0.6 is 7.14 Å². The second-order valence-electron chi connectivity index (χ2n) is 7.04. The van der Waals surface area contributed by atoms with Gasteiger partial charge in [-0.25, -0.2) is 14.2 Å². The molecule has 0 radical (unpaired) electrons. The van der Waals surface area contributed by atoms with Crippen molar-refractivity contribution >= 4 is 29.4 Å². The Morgan fingerprint density at radius 1 is 1.31 bits per heavy atom. The van der Waals surface area contributed by atoms with E-state index in [9.17, 15) is 13.8 Å². The summed E-state index contributed by atoms with van der Waals surface area (Å²) >= 11 is 0. The highest BCUT2D eigenvalue weighted by Crippen LogP contribution is 2.37. The van der Waals surface area contributed by atoms with E-state index in [1.807, 2.05) is 24.3 Å². The van der Waals surface area contributed by atoms with Crippen LogP contribution in [0.2, 0.25) is 0 Å². The summed E-state index contributed by atoms with van der Waals surface area (Å²) in [6, 6.07) is 10.7. The number of hydrogen-bond donors (Lipinski definition) is 1. The average Bonchev–Trinajstić information content (AvgIpc) is 3.09. The van der Waals surface area contributed by atoms with Crippen LogP contribution in [0, 0.1) is 0 Å². The number of fused-ring (bicyclic) bond motifs is 1. The molecule has 1 aromatic heterocycles. The van der Waals surface area contributed by atoms with Gasteiger partial charge in [-0.2, -0.15) is 0 Å². The lowest BCUT2D eigenvalue weighted by Gasteiger charge is -2.12. The SMILES string of the molecule is COC(=O)c1cc(-c2cccc(P(C)(C)=O)c2)c2ncn(CC(F)=CCN)c2c1. The molecule has 0 saturated heterocycles. The highest BCUT2D eigenvalue weighted by molar-refractivity contribution is 7.70. The van der Waals surface area contributed by atoms with Gasteiger partial charge in [0.25, 0.3) is 0 Å². The summed E-state index contributed by atoms with van der Waals surface area (Å²) < 4.78 is 33.0. The van der Waals surface area contributed by atoms with E-state index in [0.29, 0.717) is 22.2 Å². The van der Waals surface area contributed by atoms with Gasteiger partial charge in [-0.05, 0) is 43.2 Å². The molecule has 0 unspecified atom stereocenters. The first-order valence-corrected chi connectivity index (χ1v) is 11.6. The van der Waals surface area contributed by atoms with Crippen LogP contribution < -0.4 is 11.0 Å². The number of carbonyl (C=O) groups is 1. The summed E-state index contributed by atoms with van der Waals surface area (Å²) in [6.07, 6.45) is 2.81. The third-order valence-corrected chi connectivity index (χ3v) is 6.11. The lowest BCUT2D eigenvalue weighted by atomic mass is 10.0. The van der Waals surface area contributed by atoms with E-state index in [2.05, 4.69) is 4.98 Å². The van der Waals surface area contributed by atoms with Crippen molar-refractivity contribution in [1.29, 1.82) is 0 Å². The molecule has 0 aliphatic carbocycles. The Hall–Kier alpha value is -2.76. The van der Waals surface area contributed by atoms with Crippen LogP contribution in [0.1, 0.15) is 10.4 Å². The molecular weight excluding hydrogens is 392 g/mol. The predicted octanol–water partition coefficient (Wildman–Crippen LogP) is 3.55. The number of esters is 1. The van der Waals surface area contributed by atoms with Crippen molar-refractivity contribution in [1.82, 2.24) is 9.55 Å². The Morgan fingerprint density at radius 2 is 2.07 bits per heavy atom. The van der Waals surface area contributed by atoms with Crippen molar-refractivity contribution in [2.75, 3.05) is 27.0 Å². The van der Waals surface area contributed by atoms with E-state index in [0.717, 1.165) is 10.9 Å². The predicted molar refractivity (Wildman–Crippen MR) is 114 cm³/mol. The number of nitrogens with two attached hydrogens (primary N) is 1. The molecule has 2 N–H and O–H groups in total. The zero-order valence-corrected chi connectivity index (χ0v) is 17.4. The minimum atomic E-state index is -2.47. The van der Waals surface area contributed by atoms with E-state index >= 15 is 0 Å². The number of ether oxygens (including phenoxy) is 1. The third-order valence-electron chi connectivity index (χ3n) is 4.59. The normalized spacial score (nSPS) is 12.4. The number of rotatable bonds is 6. The number of halogens is 1. The van der Waals surface area contributed by atoms with Gasteiger partial charge in [0.1, 0.15) is 13.0 Å². The van der Waals surface area contributed by atoms with Crippen LogP contribution in [0.5, 0.6) is 0 Å². The first-order valence-electron chi connectivity index (χ1n) is 9.02. The Bertz CT molecular complexity index is 1150. The van der Waals surface area contributed by atoms with Crippen LogP contribution in [0.15, 0.2) is 54.6 Å². The van der Waals surface area contributed by atoms with Gasteiger partial charge in [0.2, 0.25) is 0 Å². The lowest BCUT2D eigenvalue weighted by Crippen LogP contribution is -2.05. The Kier molecular flexibility index (Phi) is 6.01. The largest absolute Gasteiger partial charge is 0.465 e. The zero-order valence-electron chi connectivity index (χ0n) is 16.6. The van der Waals surface area contributed by atoms with Crippen molar-refractivity contribution in [3.8, 4) is 11.1 Å². The number of carbonyl (C=O) groups excluding carboxylic acids is 1. The highest BCUT2D eigenvalue weighted by Gasteiger charge is 2.18. The topological polar surface area (TPSA) is 87.2 Å². The number of benzene rings is 2. The van der Waals surface area contributed by atoms with Gasteiger partial charge in [0.15, 0.2) is 0 Å². The average molecular weight is 415 g/mol. The van der Waals surface area contributed by atoms with E-state index in [4.69, 9.17) is 10.5 Å². The summed E-state index contributed by atoms with van der Waals surface area (Å²) in [5.41, 5.74) is 8.34. The molecule has 3 aromatic rings. The molecule has 0 atom stereocenters. The number of hydrogen-bond acceptors (Lipinski definition) is 5. The fraction of sp³-hybridized carbons (Fsp3) is 0.238. The number of aromatic nitrogens is 2. The van der Waals surface area contributed by atoms with E-state index in [-0.39, 0.29) is 13.1 Å². The van der Waals surface area contributed by atoms with Crippen LogP contribution in [0.4, 0.5) is 4.39 Å². The van der Waals surface area contributed by atoms with Gasteiger partial charge in [-0.3, -0.25) is 0 Å². The summed E-state index contributed by atoms with van der Waals surface area (Å²) in [4.78, 5) is 16.7. The molecule has 0 amide bonds. The summed E-state index contributed by atoms with van der Waals surface area (Å²) in [5, 5.41) is 0.725. The van der Waals surface area contributed by atoms with Crippen molar-refractivity contribution in [3.63, 3.8) is 0 Å². The first-order chi connectivity index (χ1) is 13.7. The Balaban J connectivity index is 2.24. The van der Waals surface area contributed by atoms with Gasteiger partial charge in [-0.15, -0.1) is 0 Å². The van der Waals surface area contributed by atoms with Crippen molar-refractivity contribution in [2.24, 2.45) is 5.73 Å². The standard InChI is InChI=1S/C21H23FN3O3P/c1-28-21(26)15-10-18(14-5-4-6-17(9-14)29(2,3)27)20-19(11-15)25(13-24-20)12-16(22)7-8-23/h4-7,9-11,13H,8,12,23H2,1-3H3. The molecule has 0 fully saturated rings. The van der Waals surface area contributed by atoms with Crippen LogP contribution in [0.3, 0.4) is 0 Å². The smallest absolute Gasteiger partial charge is 0.337 e. The fourth-order valence-corrected chi connectivity index (χ4v) is 4.00. The number of nitrogens with zero attached hydrogens (tertiary/aromatic N) is 2. The molecule has 0 spiro atoms. The highest BCUT2D eigenvalue weighted by atomic mass is 31.2. The quantitative estimate of drug-likeness (QED) is 0.491. The second-order valence-corrected chi connectivity index (χ2v) is 10.3. The molecule has 152 valence electrons. The molecule has 0 aliphatic heterocycles. The van der Waals surface area contributed by atoms with E-state index in [1.54, 1.807) is 30.0 Å². The third kappa shape index (κ3) is 4.47. The molecule has 29 heavy (non-hydrogen) atoms. The molecule has 3 rings (SSSR count). The molecular formula is C21H23FN3O3P. The fourth-order valence-electron chi connectivity index (χ4n) is 3.11. The number of methoxy groups -OCH3 is 1.